The van der Waals surface area contributed by atoms with Gasteiger partial charge in [0.05, 0.1) is 25.9 Å². The number of aromatic hydroxyl groups is 1. The van der Waals surface area contributed by atoms with Crippen LogP contribution in [0.5, 0.6) is 17.2 Å². The summed E-state index contributed by atoms with van der Waals surface area (Å²) in [5.74, 6) is 1.10. The van der Waals surface area contributed by atoms with Crippen LogP contribution >= 0.6 is 0 Å². The van der Waals surface area contributed by atoms with Crippen LogP contribution in [0.2, 0.25) is 0 Å². The Morgan fingerprint density at radius 3 is 2.43 bits per heavy atom. The van der Waals surface area contributed by atoms with Gasteiger partial charge in [-0.3, -0.25) is 4.79 Å². The second-order valence-electron chi connectivity index (χ2n) is 5.11. The van der Waals surface area contributed by atoms with Gasteiger partial charge in [0.25, 0.3) is 0 Å². The Bertz CT molecular complexity index is 894. The van der Waals surface area contributed by atoms with Crippen molar-refractivity contribution in [3.8, 4) is 17.2 Å². The third-order valence-electron chi connectivity index (χ3n) is 3.69. The van der Waals surface area contributed by atoms with Gasteiger partial charge >= 0.3 is 0 Å². The Labute approximate surface area is 132 Å². The van der Waals surface area contributed by atoms with Crippen molar-refractivity contribution in [1.29, 1.82) is 0 Å². The highest BCUT2D eigenvalue weighted by atomic mass is 16.5. The third-order valence-corrected chi connectivity index (χ3v) is 3.69. The molecule has 0 saturated carbocycles. The largest absolute Gasteiger partial charge is 0.508 e. The maximum atomic E-state index is 12.7. The molecule has 5 heteroatoms. The summed E-state index contributed by atoms with van der Waals surface area (Å²) < 4.78 is 16.1. The van der Waals surface area contributed by atoms with Gasteiger partial charge in [0, 0.05) is 12.0 Å². The maximum absolute atomic E-state index is 12.7. The number of rotatable bonds is 4. The molecule has 1 heterocycles. The fraction of sp³-hybridized carbons (Fsp3) is 0.167. The number of fused-ring (bicyclic) bond motifs is 1. The van der Waals surface area contributed by atoms with Gasteiger partial charge in [0.15, 0.2) is 16.8 Å². The van der Waals surface area contributed by atoms with Crippen LogP contribution in [0, 0.1) is 0 Å². The number of methoxy groups -OCH3 is 2. The SMILES string of the molecule is COc1ccc2c(=O)c(Cc3ccc(O)cc3)coc2c1OC. The summed E-state index contributed by atoms with van der Waals surface area (Å²) in [4.78, 5) is 12.7. The molecule has 0 aliphatic heterocycles. The molecule has 0 aliphatic carbocycles. The summed E-state index contributed by atoms with van der Waals surface area (Å²) in [7, 11) is 3.03. The molecule has 0 radical (unpaired) electrons. The minimum Gasteiger partial charge on any atom is -0.508 e. The van der Waals surface area contributed by atoms with E-state index < -0.39 is 0 Å². The van der Waals surface area contributed by atoms with E-state index in [0.717, 1.165) is 5.56 Å². The molecule has 3 aromatic rings. The predicted molar refractivity (Wildman–Crippen MR) is 86.5 cm³/mol. The molecular formula is C18H16O5. The molecular weight excluding hydrogens is 296 g/mol. The minimum absolute atomic E-state index is 0.111. The lowest BCUT2D eigenvalue weighted by Crippen LogP contribution is -2.10. The van der Waals surface area contributed by atoms with E-state index >= 15 is 0 Å². The molecule has 0 atom stereocenters. The molecule has 0 unspecified atom stereocenters. The van der Waals surface area contributed by atoms with Crippen molar-refractivity contribution in [2.45, 2.75) is 6.42 Å². The van der Waals surface area contributed by atoms with E-state index in [-0.39, 0.29) is 11.2 Å². The summed E-state index contributed by atoms with van der Waals surface area (Å²) in [6.07, 6.45) is 1.87. The van der Waals surface area contributed by atoms with Gasteiger partial charge in [0.2, 0.25) is 5.75 Å². The molecule has 0 amide bonds. The van der Waals surface area contributed by atoms with Crippen LogP contribution in [0.25, 0.3) is 11.0 Å². The first kappa shape index (κ1) is 15.0. The zero-order chi connectivity index (χ0) is 16.4. The fourth-order valence-corrected chi connectivity index (χ4v) is 2.51. The van der Waals surface area contributed by atoms with Gasteiger partial charge in [-0.2, -0.15) is 0 Å². The van der Waals surface area contributed by atoms with Gasteiger partial charge in [-0.15, -0.1) is 0 Å². The number of benzene rings is 2. The fourth-order valence-electron chi connectivity index (χ4n) is 2.51. The molecule has 118 valence electrons. The first-order valence-corrected chi connectivity index (χ1v) is 7.07. The van der Waals surface area contributed by atoms with Crippen LogP contribution in [-0.2, 0) is 6.42 Å². The highest BCUT2D eigenvalue weighted by molar-refractivity contribution is 5.85. The first-order chi connectivity index (χ1) is 11.1. The molecule has 0 fully saturated rings. The summed E-state index contributed by atoms with van der Waals surface area (Å²) >= 11 is 0. The van der Waals surface area contributed by atoms with E-state index in [9.17, 15) is 9.90 Å². The Morgan fingerprint density at radius 2 is 1.78 bits per heavy atom. The lowest BCUT2D eigenvalue weighted by atomic mass is 10.0. The van der Waals surface area contributed by atoms with Crippen molar-refractivity contribution >= 4 is 11.0 Å². The quantitative estimate of drug-likeness (QED) is 0.801. The molecule has 3 rings (SSSR count). The molecule has 0 saturated heterocycles. The Morgan fingerprint density at radius 1 is 1.04 bits per heavy atom. The topological polar surface area (TPSA) is 68.9 Å². The highest BCUT2D eigenvalue weighted by Crippen LogP contribution is 2.34. The molecule has 0 bridgehead atoms. The standard InChI is InChI=1S/C18H16O5/c1-21-15-8-7-14-16(20)12(10-23-17(14)18(15)22-2)9-11-3-5-13(19)6-4-11/h3-8,10,19H,9H2,1-2H3. The lowest BCUT2D eigenvalue weighted by Gasteiger charge is -2.10. The molecule has 1 aromatic heterocycles. The Kier molecular flexibility index (Phi) is 3.93. The van der Waals surface area contributed by atoms with E-state index in [1.165, 1.54) is 20.5 Å². The molecule has 2 aromatic carbocycles. The van der Waals surface area contributed by atoms with E-state index in [0.29, 0.717) is 34.5 Å². The number of ether oxygens (including phenoxy) is 2. The van der Waals surface area contributed by atoms with E-state index in [1.807, 2.05) is 0 Å². The predicted octanol–water partition coefficient (Wildman–Crippen LogP) is 3.11. The van der Waals surface area contributed by atoms with E-state index in [1.54, 1.807) is 36.4 Å². The van der Waals surface area contributed by atoms with Crippen molar-refractivity contribution in [2.75, 3.05) is 14.2 Å². The number of phenols is 1. The molecule has 5 nitrogen and oxygen atoms in total. The highest BCUT2D eigenvalue weighted by Gasteiger charge is 2.15. The van der Waals surface area contributed by atoms with E-state index in [2.05, 4.69) is 0 Å². The van der Waals surface area contributed by atoms with Crippen molar-refractivity contribution in [1.82, 2.24) is 0 Å². The second kappa shape index (κ2) is 6.04. The van der Waals surface area contributed by atoms with Crippen LogP contribution in [0.1, 0.15) is 11.1 Å². The minimum atomic E-state index is -0.111. The Hall–Kier alpha value is -2.95. The zero-order valence-corrected chi connectivity index (χ0v) is 12.8. The van der Waals surface area contributed by atoms with Crippen molar-refractivity contribution in [2.24, 2.45) is 0 Å². The first-order valence-electron chi connectivity index (χ1n) is 7.07. The van der Waals surface area contributed by atoms with Crippen LogP contribution in [0.3, 0.4) is 0 Å². The monoisotopic (exact) mass is 312 g/mol. The van der Waals surface area contributed by atoms with Crippen LogP contribution in [0.15, 0.2) is 51.9 Å². The second-order valence-corrected chi connectivity index (χ2v) is 5.11. The average molecular weight is 312 g/mol. The number of phenolic OH excluding ortho intramolecular Hbond substituents is 1. The van der Waals surface area contributed by atoms with E-state index in [4.69, 9.17) is 13.9 Å². The van der Waals surface area contributed by atoms with Gasteiger partial charge in [0.1, 0.15) is 5.75 Å². The van der Waals surface area contributed by atoms with Gasteiger partial charge in [-0.25, -0.2) is 0 Å². The summed E-state index contributed by atoms with van der Waals surface area (Å²) in [5, 5.41) is 9.76. The lowest BCUT2D eigenvalue weighted by molar-refractivity contribution is 0.353. The molecule has 1 N–H and O–H groups in total. The van der Waals surface area contributed by atoms with Crippen molar-refractivity contribution in [3.05, 3.63) is 64.0 Å². The van der Waals surface area contributed by atoms with Crippen molar-refractivity contribution in [3.63, 3.8) is 0 Å². The number of hydrogen-bond donors (Lipinski definition) is 1. The Balaban J connectivity index is 2.09. The normalized spacial score (nSPS) is 10.7. The van der Waals surface area contributed by atoms with Crippen LogP contribution in [0.4, 0.5) is 0 Å². The average Bonchev–Trinajstić information content (AvgIpc) is 2.58. The van der Waals surface area contributed by atoms with Crippen LogP contribution < -0.4 is 14.9 Å². The van der Waals surface area contributed by atoms with Gasteiger partial charge in [-0.1, -0.05) is 12.1 Å². The summed E-state index contributed by atoms with van der Waals surface area (Å²) in [6.45, 7) is 0. The molecule has 0 aliphatic rings. The van der Waals surface area contributed by atoms with Crippen molar-refractivity contribution < 1.29 is 19.0 Å². The third kappa shape index (κ3) is 2.73. The smallest absolute Gasteiger partial charge is 0.204 e. The number of hydrogen-bond acceptors (Lipinski definition) is 5. The van der Waals surface area contributed by atoms with Crippen LogP contribution in [-0.4, -0.2) is 19.3 Å². The van der Waals surface area contributed by atoms with Gasteiger partial charge in [-0.05, 0) is 29.8 Å². The zero-order valence-electron chi connectivity index (χ0n) is 12.8. The molecule has 23 heavy (non-hydrogen) atoms. The molecule has 0 spiro atoms. The maximum Gasteiger partial charge on any atom is 0.204 e. The van der Waals surface area contributed by atoms with Gasteiger partial charge < -0.3 is 19.0 Å². The summed E-state index contributed by atoms with van der Waals surface area (Å²) in [6, 6.07) is 10.1. The summed E-state index contributed by atoms with van der Waals surface area (Å²) in [5.41, 5.74) is 1.71.